The van der Waals surface area contributed by atoms with Crippen molar-refractivity contribution in [2.24, 2.45) is 0 Å². The van der Waals surface area contributed by atoms with Crippen molar-refractivity contribution < 1.29 is 8.94 Å². The molecule has 0 fully saturated rings. The van der Waals surface area contributed by atoms with Crippen LogP contribution in [0, 0.1) is 11.3 Å². The van der Waals surface area contributed by atoms with Gasteiger partial charge in [0.15, 0.2) is 0 Å². The minimum atomic E-state index is -1.08. The fraction of sp³-hybridized carbons (Fsp3) is 0.278. The average Bonchev–Trinajstić information content (AvgIpc) is 2.94. The molecule has 126 valence electrons. The van der Waals surface area contributed by atoms with Gasteiger partial charge in [0.05, 0.1) is 22.7 Å². The number of nitrogens with zero attached hydrogens (tertiary/aromatic N) is 3. The molecule has 1 aliphatic rings. The van der Waals surface area contributed by atoms with Crippen LogP contribution in [0.15, 0.2) is 42.8 Å². The van der Waals surface area contributed by atoms with Crippen LogP contribution >= 0.6 is 0 Å². The van der Waals surface area contributed by atoms with Crippen molar-refractivity contribution in [1.29, 1.82) is 5.26 Å². The Hall–Kier alpha value is -3.11. The number of likely N-dealkylation sites (N-methyl/N-ethyl adjacent to an activating group) is 1. The van der Waals surface area contributed by atoms with Gasteiger partial charge < -0.3 is 8.94 Å². The van der Waals surface area contributed by atoms with Crippen LogP contribution in [0.5, 0.6) is 0 Å². The Balaban J connectivity index is 2.07. The molecule has 0 radical (unpaired) electrons. The Morgan fingerprint density at radius 2 is 2.12 bits per heavy atom. The highest BCUT2D eigenvalue weighted by molar-refractivity contribution is 6.00. The number of fused-ring (bicyclic) bond motifs is 3. The highest BCUT2D eigenvalue weighted by Crippen LogP contribution is 2.34. The van der Waals surface area contributed by atoms with Gasteiger partial charge in [-0.25, -0.2) is 9.59 Å². The van der Waals surface area contributed by atoms with E-state index in [4.69, 9.17) is 14.2 Å². The van der Waals surface area contributed by atoms with E-state index >= 15 is 0 Å². The third kappa shape index (κ3) is 2.39. The summed E-state index contributed by atoms with van der Waals surface area (Å²) >= 11 is 0. The third-order valence-corrected chi connectivity index (χ3v) is 4.61. The summed E-state index contributed by atoms with van der Waals surface area (Å²) in [6.45, 7) is 4.79. The second kappa shape index (κ2) is 5.76. The van der Waals surface area contributed by atoms with E-state index in [0.29, 0.717) is 11.1 Å². The molecule has 0 N–H and O–H groups in total. The summed E-state index contributed by atoms with van der Waals surface area (Å²) in [6, 6.07) is 7.18. The normalized spacial score (nSPS) is 15.4. The van der Waals surface area contributed by atoms with E-state index in [1.807, 2.05) is 0 Å². The van der Waals surface area contributed by atoms with E-state index < -0.39 is 11.3 Å². The van der Waals surface area contributed by atoms with Gasteiger partial charge in [0, 0.05) is 18.5 Å². The molecule has 0 unspecified atom stereocenters. The van der Waals surface area contributed by atoms with Gasteiger partial charge >= 0.3 is 11.3 Å². The average molecular weight is 337 g/mol. The molecular weight excluding hydrogens is 322 g/mol. The summed E-state index contributed by atoms with van der Waals surface area (Å²) in [4.78, 5) is 25.6. The highest BCUT2D eigenvalue weighted by Gasteiger charge is 2.23. The van der Waals surface area contributed by atoms with Crippen molar-refractivity contribution in [3.05, 3.63) is 56.2 Å². The van der Waals surface area contributed by atoms with Crippen LogP contribution in [0.4, 0.5) is 0 Å². The van der Waals surface area contributed by atoms with Gasteiger partial charge in [-0.2, -0.15) is 5.26 Å². The fourth-order valence-corrected chi connectivity index (χ4v) is 3.28. The first-order valence-corrected chi connectivity index (χ1v) is 8.07. The molecule has 0 spiro atoms. The summed E-state index contributed by atoms with van der Waals surface area (Å²) in [5.74, 6) is 0. The first kappa shape index (κ1) is 15.4. The summed E-state index contributed by atoms with van der Waals surface area (Å²) < 4.78 is 11.6. The Labute approximate surface area is 141 Å². The summed E-state index contributed by atoms with van der Waals surface area (Å²) in [5, 5.41) is 9.92. The minimum absolute atomic E-state index is 0.200. The molecule has 7 heteroatoms. The first-order valence-electron chi connectivity index (χ1n) is 8.07. The van der Waals surface area contributed by atoms with Crippen LogP contribution in [0.2, 0.25) is 0 Å². The molecule has 4 rings (SSSR count). The zero-order valence-corrected chi connectivity index (χ0v) is 13.6. The van der Waals surface area contributed by atoms with Crippen molar-refractivity contribution in [2.45, 2.75) is 13.3 Å². The molecule has 0 atom stereocenters. The number of rotatable bonds is 2. The van der Waals surface area contributed by atoms with E-state index in [9.17, 15) is 9.59 Å². The molecule has 0 saturated carbocycles. The van der Waals surface area contributed by atoms with Crippen LogP contribution in [-0.4, -0.2) is 29.1 Å². The van der Waals surface area contributed by atoms with Gasteiger partial charge in [0.2, 0.25) is 5.71 Å². The molecular formula is C18H15N3O4. The number of benzene rings is 1. The number of hydrogen-bond acceptors (Lipinski definition) is 6. The van der Waals surface area contributed by atoms with Crippen LogP contribution < -0.4 is 11.3 Å². The van der Waals surface area contributed by atoms with Gasteiger partial charge in [0.1, 0.15) is 0 Å². The minimum Gasteiger partial charge on any atom is -0.397 e. The SMILES string of the molecule is CCN1CC=C(c2c3ccc(C#N)cc3n3oc(=O)c(=O)oc23)CC1. The third-order valence-electron chi connectivity index (χ3n) is 4.61. The monoisotopic (exact) mass is 337 g/mol. The van der Waals surface area contributed by atoms with Gasteiger partial charge in [0.25, 0.3) is 0 Å². The van der Waals surface area contributed by atoms with Gasteiger partial charge in [-0.05, 0) is 30.7 Å². The molecule has 0 saturated heterocycles. The predicted molar refractivity (Wildman–Crippen MR) is 91.4 cm³/mol. The van der Waals surface area contributed by atoms with E-state index in [-0.39, 0.29) is 5.71 Å². The molecule has 1 aromatic carbocycles. The van der Waals surface area contributed by atoms with Crippen molar-refractivity contribution in [1.82, 2.24) is 9.47 Å². The lowest BCUT2D eigenvalue weighted by atomic mass is 9.98. The topological polar surface area (TPSA) is 91.9 Å². The quantitative estimate of drug-likeness (QED) is 0.664. The maximum Gasteiger partial charge on any atom is 0.442 e. The predicted octanol–water partition coefficient (Wildman–Crippen LogP) is 1.98. The Kier molecular flexibility index (Phi) is 3.55. The van der Waals surface area contributed by atoms with Crippen LogP contribution in [-0.2, 0) is 0 Å². The molecule has 2 aromatic heterocycles. The lowest BCUT2D eigenvalue weighted by Gasteiger charge is -2.24. The second-order valence-corrected chi connectivity index (χ2v) is 5.96. The number of hydrogen-bond donors (Lipinski definition) is 0. The molecule has 0 aliphatic carbocycles. The standard InChI is InChI=1S/C18H15N3O4/c1-2-20-7-5-12(6-8-20)15-13-4-3-11(10-19)9-14(13)21-16(15)24-17(22)18(23)25-21/h3-5,9H,2,6-8H2,1H3. The molecule has 3 heterocycles. The van der Waals surface area contributed by atoms with Crippen molar-refractivity contribution in [3.8, 4) is 6.07 Å². The Morgan fingerprint density at radius 3 is 2.80 bits per heavy atom. The Morgan fingerprint density at radius 1 is 1.28 bits per heavy atom. The van der Waals surface area contributed by atoms with Gasteiger partial charge in [-0.15, -0.1) is 4.57 Å². The molecule has 25 heavy (non-hydrogen) atoms. The van der Waals surface area contributed by atoms with E-state index in [1.165, 1.54) is 4.57 Å². The van der Waals surface area contributed by atoms with Crippen LogP contribution in [0.25, 0.3) is 22.2 Å². The van der Waals surface area contributed by atoms with Crippen molar-refractivity contribution in [3.63, 3.8) is 0 Å². The summed E-state index contributed by atoms with van der Waals surface area (Å²) in [5.41, 5.74) is 0.837. The lowest BCUT2D eigenvalue weighted by Crippen LogP contribution is -2.28. The molecule has 3 aromatic rings. The molecule has 1 aliphatic heterocycles. The van der Waals surface area contributed by atoms with Crippen LogP contribution in [0.1, 0.15) is 24.5 Å². The maximum absolute atomic E-state index is 11.7. The first-order chi connectivity index (χ1) is 12.1. The van der Waals surface area contributed by atoms with E-state index in [1.54, 1.807) is 18.2 Å². The van der Waals surface area contributed by atoms with Crippen molar-refractivity contribution in [2.75, 3.05) is 19.6 Å². The molecule has 7 nitrogen and oxygen atoms in total. The molecule has 0 bridgehead atoms. The summed E-state index contributed by atoms with van der Waals surface area (Å²) in [7, 11) is 0. The van der Waals surface area contributed by atoms with E-state index in [0.717, 1.165) is 42.6 Å². The van der Waals surface area contributed by atoms with Gasteiger partial charge in [-0.1, -0.05) is 19.1 Å². The highest BCUT2D eigenvalue weighted by atomic mass is 16.5. The zero-order chi connectivity index (χ0) is 17.6. The van der Waals surface area contributed by atoms with Crippen molar-refractivity contribution >= 4 is 22.2 Å². The van der Waals surface area contributed by atoms with Gasteiger partial charge in [-0.3, -0.25) is 4.90 Å². The maximum atomic E-state index is 11.7. The second-order valence-electron chi connectivity index (χ2n) is 5.96. The summed E-state index contributed by atoms with van der Waals surface area (Å²) in [6.07, 6.45) is 2.90. The zero-order valence-electron chi connectivity index (χ0n) is 13.6. The van der Waals surface area contributed by atoms with Crippen LogP contribution in [0.3, 0.4) is 0 Å². The van der Waals surface area contributed by atoms with E-state index in [2.05, 4.69) is 24.0 Å². The number of nitriles is 1. The Bertz CT molecular complexity index is 1170. The number of aromatic nitrogens is 1. The fourth-order valence-electron chi connectivity index (χ4n) is 3.28. The molecule has 0 amide bonds. The largest absolute Gasteiger partial charge is 0.442 e. The lowest BCUT2D eigenvalue weighted by molar-refractivity contribution is 0.286. The smallest absolute Gasteiger partial charge is 0.397 e.